The maximum atomic E-state index is 13.3. The van der Waals surface area contributed by atoms with Gasteiger partial charge in [0.1, 0.15) is 6.17 Å². The maximum Gasteiger partial charge on any atom is 0.125 e. The van der Waals surface area contributed by atoms with E-state index in [0.717, 1.165) is 18.4 Å². The van der Waals surface area contributed by atoms with Crippen LogP contribution in [0.15, 0.2) is 24.5 Å². The van der Waals surface area contributed by atoms with Crippen LogP contribution in [0.4, 0.5) is 4.39 Å². The van der Waals surface area contributed by atoms with Crippen LogP contribution in [0.1, 0.15) is 37.9 Å². The van der Waals surface area contributed by atoms with Gasteiger partial charge in [-0.3, -0.25) is 4.98 Å². The molecule has 1 heterocycles. The minimum Gasteiger partial charge on any atom is -0.265 e. The predicted octanol–water partition coefficient (Wildman–Crippen LogP) is 3.28. The smallest absolute Gasteiger partial charge is 0.125 e. The first kappa shape index (κ1) is 9.17. The summed E-state index contributed by atoms with van der Waals surface area (Å²) in [5.74, 6) is 0. The zero-order chi connectivity index (χ0) is 8.81. The van der Waals surface area contributed by atoms with Crippen LogP contribution in [0.5, 0.6) is 0 Å². The van der Waals surface area contributed by atoms with Crippen molar-refractivity contribution in [3.8, 4) is 0 Å². The predicted molar refractivity (Wildman–Crippen MR) is 47.6 cm³/mol. The Bertz CT molecular complexity index is 210. The Labute approximate surface area is 72.6 Å². The number of nitrogens with zero attached hydrogens (tertiary/aromatic N) is 1. The molecular formula is C10H14FN. The van der Waals surface area contributed by atoms with Crippen LogP contribution in [0.25, 0.3) is 0 Å². The summed E-state index contributed by atoms with van der Waals surface area (Å²) in [4.78, 5) is 3.84. The van der Waals surface area contributed by atoms with Gasteiger partial charge in [-0.05, 0) is 24.1 Å². The van der Waals surface area contributed by atoms with Crippen molar-refractivity contribution in [2.24, 2.45) is 0 Å². The van der Waals surface area contributed by atoms with Crippen molar-refractivity contribution < 1.29 is 4.39 Å². The Morgan fingerprint density at radius 3 is 2.67 bits per heavy atom. The first-order valence-corrected chi connectivity index (χ1v) is 4.38. The molecule has 1 rings (SSSR count). The minimum atomic E-state index is -0.812. The number of aromatic nitrogens is 1. The summed E-state index contributed by atoms with van der Waals surface area (Å²) >= 11 is 0. The van der Waals surface area contributed by atoms with Crippen LogP contribution in [-0.2, 0) is 0 Å². The van der Waals surface area contributed by atoms with Crippen molar-refractivity contribution in [2.45, 2.75) is 32.4 Å². The van der Waals surface area contributed by atoms with E-state index in [1.54, 1.807) is 24.5 Å². The highest BCUT2D eigenvalue weighted by Crippen LogP contribution is 2.22. The van der Waals surface area contributed by atoms with E-state index in [4.69, 9.17) is 0 Å². The van der Waals surface area contributed by atoms with Crippen molar-refractivity contribution in [1.82, 2.24) is 4.98 Å². The highest BCUT2D eigenvalue weighted by atomic mass is 19.1. The number of pyridine rings is 1. The van der Waals surface area contributed by atoms with Gasteiger partial charge in [-0.15, -0.1) is 0 Å². The van der Waals surface area contributed by atoms with Crippen LogP contribution < -0.4 is 0 Å². The average Bonchev–Trinajstić information content (AvgIpc) is 2.15. The third-order valence-electron chi connectivity index (χ3n) is 1.88. The molecule has 1 aromatic heterocycles. The second kappa shape index (κ2) is 4.86. The highest BCUT2D eigenvalue weighted by Gasteiger charge is 2.07. The topological polar surface area (TPSA) is 12.9 Å². The summed E-state index contributed by atoms with van der Waals surface area (Å²) < 4.78 is 13.3. The van der Waals surface area contributed by atoms with E-state index < -0.39 is 6.17 Å². The van der Waals surface area contributed by atoms with E-state index in [-0.39, 0.29) is 0 Å². The summed E-state index contributed by atoms with van der Waals surface area (Å²) in [5, 5.41) is 0. The fraction of sp³-hybridized carbons (Fsp3) is 0.500. The van der Waals surface area contributed by atoms with Crippen molar-refractivity contribution in [2.75, 3.05) is 0 Å². The molecule has 12 heavy (non-hydrogen) atoms. The minimum absolute atomic E-state index is 0.626. The number of alkyl halides is 1. The summed E-state index contributed by atoms with van der Waals surface area (Å²) in [6.07, 6.45) is 5.07. The first-order chi connectivity index (χ1) is 5.84. The standard InChI is InChI=1S/C10H14FN/c1-2-3-4-10(11)9-5-7-12-8-6-9/h5-8,10H,2-4H2,1H3. The van der Waals surface area contributed by atoms with Crippen LogP contribution in [0.2, 0.25) is 0 Å². The molecule has 0 amide bonds. The highest BCUT2D eigenvalue weighted by molar-refractivity contribution is 5.12. The zero-order valence-electron chi connectivity index (χ0n) is 7.33. The number of rotatable bonds is 4. The lowest BCUT2D eigenvalue weighted by atomic mass is 10.1. The van der Waals surface area contributed by atoms with Crippen LogP contribution in [0, 0.1) is 0 Å². The fourth-order valence-electron chi connectivity index (χ4n) is 1.12. The van der Waals surface area contributed by atoms with E-state index in [2.05, 4.69) is 11.9 Å². The molecule has 1 unspecified atom stereocenters. The van der Waals surface area contributed by atoms with Crippen LogP contribution in [-0.4, -0.2) is 4.98 Å². The monoisotopic (exact) mass is 167 g/mol. The van der Waals surface area contributed by atoms with E-state index in [1.807, 2.05) is 0 Å². The molecule has 0 saturated carbocycles. The summed E-state index contributed by atoms with van der Waals surface area (Å²) in [5.41, 5.74) is 0.749. The van der Waals surface area contributed by atoms with Gasteiger partial charge in [0.05, 0.1) is 0 Å². The molecule has 0 aliphatic rings. The molecule has 66 valence electrons. The number of hydrogen-bond acceptors (Lipinski definition) is 1. The van der Waals surface area contributed by atoms with Gasteiger partial charge in [-0.1, -0.05) is 19.8 Å². The van der Waals surface area contributed by atoms with Crippen molar-refractivity contribution in [3.05, 3.63) is 30.1 Å². The lowest BCUT2D eigenvalue weighted by Crippen LogP contribution is -1.91. The molecule has 0 spiro atoms. The quantitative estimate of drug-likeness (QED) is 0.670. The molecule has 2 heteroatoms. The Morgan fingerprint density at radius 2 is 2.08 bits per heavy atom. The third-order valence-corrected chi connectivity index (χ3v) is 1.88. The van der Waals surface area contributed by atoms with Gasteiger partial charge in [0.2, 0.25) is 0 Å². The first-order valence-electron chi connectivity index (χ1n) is 4.38. The average molecular weight is 167 g/mol. The molecule has 0 aromatic carbocycles. The molecule has 0 radical (unpaired) electrons. The Balaban J connectivity index is 2.48. The third kappa shape index (κ3) is 2.61. The van der Waals surface area contributed by atoms with Gasteiger partial charge in [0.25, 0.3) is 0 Å². The molecule has 1 atom stereocenters. The number of hydrogen-bond donors (Lipinski definition) is 0. The molecule has 0 fully saturated rings. The Kier molecular flexibility index (Phi) is 3.71. The van der Waals surface area contributed by atoms with Gasteiger partial charge < -0.3 is 0 Å². The molecular weight excluding hydrogens is 153 g/mol. The largest absolute Gasteiger partial charge is 0.265 e. The van der Waals surface area contributed by atoms with Crippen molar-refractivity contribution in [3.63, 3.8) is 0 Å². The summed E-state index contributed by atoms with van der Waals surface area (Å²) in [6.45, 7) is 2.07. The second-order valence-electron chi connectivity index (χ2n) is 2.89. The fourth-order valence-corrected chi connectivity index (χ4v) is 1.12. The molecule has 0 N–H and O–H groups in total. The Hall–Kier alpha value is -0.920. The SMILES string of the molecule is CCCCC(F)c1ccncc1. The van der Waals surface area contributed by atoms with E-state index >= 15 is 0 Å². The van der Waals surface area contributed by atoms with Gasteiger partial charge in [0, 0.05) is 12.4 Å². The lowest BCUT2D eigenvalue weighted by Gasteiger charge is -2.06. The normalized spacial score (nSPS) is 12.8. The maximum absolute atomic E-state index is 13.3. The molecule has 1 nitrogen and oxygen atoms in total. The van der Waals surface area contributed by atoms with E-state index in [0.29, 0.717) is 6.42 Å². The van der Waals surface area contributed by atoms with Gasteiger partial charge in [-0.25, -0.2) is 4.39 Å². The van der Waals surface area contributed by atoms with Gasteiger partial charge in [0.15, 0.2) is 0 Å². The van der Waals surface area contributed by atoms with Gasteiger partial charge >= 0.3 is 0 Å². The summed E-state index contributed by atoms with van der Waals surface area (Å²) in [7, 11) is 0. The van der Waals surface area contributed by atoms with Crippen LogP contribution in [0.3, 0.4) is 0 Å². The number of halogens is 1. The second-order valence-corrected chi connectivity index (χ2v) is 2.89. The van der Waals surface area contributed by atoms with E-state index in [9.17, 15) is 4.39 Å². The molecule has 1 aromatic rings. The Morgan fingerprint density at radius 1 is 1.42 bits per heavy atom. The molecule has 0 bridgehead atoms. The molecule has 0 aliphatic carbocycles. The number of unbranched alkanes of at least 4 members (excludes halogenated alkanes) is 1. The van der Waals surface area contributed by atoms with Gasteiger partial charge in [-0.2, -0.15) is 0 Å². The molecule has 0 saturated heterocycles. The molecule has 0 aliphatic heterocycles. The van der Waals surface area contributed by atoms with Crippen LogP contribution >= 0.6 is 0 Å². The lowest BCUT2D eigenvalue weighted by molar-refractivity contribution is 0.315. The summed E-state index contributed by atoms with van der Waals surface area (Å²) in [6, 6.07) is 3.47. The van der Waals surface area contributed by atoms with E-state index in [1.165, 1.54) is 0 Å². The van der Waals surface area contributed by atoms with Crippen molar-refractivity contribution >= 4 is 0 Å². The van der Waals surface area contributed by atoms with Crippen molar-refractivity contribution in [1.29, 1.82) is 0 Å². The zero-order valence-corrected chi connectivity index (χ0v) is 7.33.